The van der Waals surface area contributed by atoms with Gasteiger partial charge in [-0.05, 0) is 62.4 Å². The van der Waals surface area contributed by atoms with E-state index in [4.69, 9.17) is 0 Å². The molecule has 0 spiro atoms. The van der Waals surface area contributed by atoms with Gasteiger partial charge in [0.2, 0.25) is 0 Å². The van der Waals surface area contributed by atoms with Gasteiger partial charge in [0.25, 0.3) is 5.91 Å². The van der Waals surface area contributed by atoms with Crippen LogP contribution in [0.5, 0.6) is 0 Å². The summed E-state index contributed by atoms with van der Waals surface area (Å²) < 4.78 is 0. The fraction of sp³-hybridized carbons (Fsp3) is 0.600. The van der Waals surface area contributed by atoms with Crippen LogP contribution in [0.3, 0.4) is 0 Å². The molecule has 3 fully saturated rings. The Morgan fingerprint density at radius 2 is 1.96 bits per heavy atom. The normalized spacial score (nSPS) is 24.2. The summed E-state index contributed by atoms with van der Waals surface area (Å²) in [6.45, 7) is 6.37. The van der Waals surface area contributed by atoms with Crippen LogP contribution in [-0.2, 0) is 5.41 Å². The Balaban J connectivity index is 1.38. The Hall–Kier alpha value is -1.86. The predicted octanol–water partition coefficient (Wildman–Crippen LogP) is 2.80. The van der Waals surface area contributed by atoms with Crippen molar-refractivity contribution in [3.63, 3.8) is 0 Å². The number of carbonyl (C=O) groups is 1. The van der Waals surface area contributed by atoms with Crippen LogP contribution in [0.2, 0.25) is 0 Å². The van der Waals surface area contributed by atoms with E-state index in [0.29, 0.717) is 6.04 Å². The second kappa shape index (κ2) is 5.89. The second-order valence-corrected chi connectivity index (χ2v) is 7.86. The smallest absolute Gasteiger partial charge is 0.253 e. The molecule has 1 saturated carbocycles. The number of hydrogen-bond donors (Lipinski definition) is 0. The molecule has 1 aromatic rings. The number of carbonyl (C=O) groups excluding carboxylic acids is 1. The Bertz CT molecular complexity index is 674. The van der Waals surface area contributed by atoms with Crippen LogP contribution in [0.25, 0.3) is 0 Å². The molecule has 4 heteroatoms. The Kier molecular flexibility index (Phi) is 3.85. The zero-order valence-corrected chi connectivity index (χ0v) is 14.4. The summed E-state index contributed by atoms with van der Waals surface area (Å²) >= 11 is 0. The van der Waals surface area contributed by atoms with Gasteiger partial charge in [-0.1, -0.05) is 19.1 Å². The minimum Gasteiger partial charge on any atom is -0.335 e. The van der Waals surface area contributed by atoms with Crippen molar-refractivity contribution in [2.24, 2.45) is 5.92 Å². The zero-order chi connectivity index (χ0) is 16.7. The van der Waals surface area contributed by atoms with Crippen LogP contribution in [-0.4, -0.2) is 47.9 Å². The van der Waals surface area contributed by atoms with Crippen molar-refractivity contribution in [2.75, 3.05) is 26.2 Å². The molecular formula is C20H25N3O. The summed E-state index contributed by atoms with van der Waals surface area (Å²) in [7, 11) is 0. The lowest BCUT2D eigenvalue weighted by atomic mass is 9.94. The number of amides is 1. The van der Waals surface area contributed by atoms with E-state index in [0.717, 1.165) is 43.0 Å². The summed E-state index contributed by atoms with van der Waals surface area (Å²) in [6.07, 6.45) is 4.39. The number of nitriles is 1. The molecule has 4 nitrogen and oxygen atoms in total. The zero-order valence-electron chi connectivity index (χ0n) is 14.4. The number of nitrogens with zero attached hydrogens (tertiary/aromatic N) is 3. The average molecular weight is 323 g/mol. The highest BCUT2D eigenvalue weighted by molar-refractivity contribution is 5.95. The molecular weight excluding hydrogens is 298 g/mol. The van der Waals surface area contributed by atoms with E-state index in [-0.39, 0.29) is 11.3 Å². The molecule has 0 N–H and O–H groups in total. The fourth-order valence-corrected chi connectivity index (χ4v) is 3.97. The third-order valence-electron chi connectivity index (χ3n) is 6.11. The van der Waals surface area contributed by atoms with Crippen molar-refractivity contribution in [3.05, 3.63) is 35.4 Å². The van der Waals surface area contributed by atoms with Crippen molar-refractivity contribution in [2.45, 2.75) is 44.1 Å². The number of hydrogen-bond acceptors (Lipinski definition) is 3. The SMILES string of the molecule is CC1CCN(C2CN(C(=O)c3cccc(C4(C#N)CC4)c3)C2)CC1. The molecule has 126 valence electrons. The highest BCUT2D eigenvalue weighted by Crippen LogP contribution is 2.47. The molecule has 0 unspecified atom stereocenters. The lowest BCUT2D eigenvalue weighted by Crippen LogP contribution is -2.62. The molecule has 0 aromatic heterocycles. The molecule has 1 aromatic carbocycles. The van der Waals surface area contributed by atoms with Gasteiger partial charge in [0.15, 0.2) is 0 Å². The van der Waals surface area contributed by atoms with Crippen molar-refractivity contribution >= 4 is 5.91 Å². The van der Waals surface area contributed by atoms with Crippen molar-refractivity contribution < 1.29 is 4.79 Å². The molecule has 1 aliphatic carbocycles. The first kappa shape index (κ1) is 15.7. The number of rotatable bonds is 3. The van der Waals surface area contributed by atoms with Gasteiger partial charge in [-0.25, -0.2) is 0 Å². The van der Waals surface area contributed by atoms with Gasteiger partial charge in [-0.3, -0.25) is 9.69 Å². The summed E-state index contributed by atoms with van der Waals surface area (Å²) in [6, 6.07) is 10.7. The number of piperidine rings is 1. The molecule has 0 atom stereocenters. The topological polar surface area (TPSA) is 47.3 Å². The maximum absolute atomic E-state index is 12.7. The third-order valence-corrected chi connectivity index (χ3v) is 6.11. The molecule has 3 aliphatic rings. The molecule has 2 heterocycles. The van der Waals surface area contributed by atoms with Crippen LogP contribution in [0.1, 0.15) is 48.5 Å². The largest absolute Gasteiger partial charge is 0.335 e. The highest BCUT2D eigenvalue weighted by Gasteiger charge is 2.45. The molecule has 2 aliphatic heterocycles. The van der Waals surface area contributed by atoms with Gasteiger partial charge >= 0.3 is 0 Å². The summed E-state index contributed by atoms with van der Waals surface area (Å²) in [5.74, 6) is 0.962. The van der Waals surface area contributed by atoms with Gasteiger partial charge in [-0.2, -0.15) is 5.26 Å². The Morgan fingerprint density at radius 1 is 1.25 bits per heavy atom. The third kappa shape index (κ3) is 2.71. The van der Waals surface area contributed by atoms with Gasteiger partial charge in [0, 0.05) is 24.7 Å². The molecule has 24 heavy (non-hydrogen) atoms. The monoisotopic (exact) mass is 323 g/mol. The summed E-state index contributed by atoms with van der Waals surface area (Å²) in [5, 5.41) is 9.35. The van der Waals surface area contributed by atoms with Crippen molar-refractivity contribution in [1.29, 1.82) is 5.26 Å². The first-order valence-corrected chi connectivity index (χ1v) is 9.16. The van der Waals surface area contributed by atoms with Crippen LogP contribution in [0.4, 0.5) is 0 Å². The van der Waals surface area contributed by atoms with E-state index < -0.39 is 0 Å². The first-order valence-electron chi connectivity index (χ1n) is 9.16. The van der Waals surface area contributed by atoms with Crippen LogP contribution >= 0.6 is 0 Å². The average Bonchev–Trinajstić information content (AvgIpc) is 3.36. The lowest BCUT2D eigenvalue weighted by molar-refractivity contribution is 0.0155. The van der Waals surface area contributed by atoms with Crippen LogP contribution in [0, 0.1) is 17.2 Å². The van der Waals surface area contributed by atoms with E-state index in [1.165, 1.54) is 25.9 Å². The Morgan fingerprint density at radius 3 is 2.58 bits per heavy atom. The maximum atomic E-state index is 12.7. The van der Waals surface area contributed by atoms with E-state index in [1.807, 2.05) is 29.2 Å². The number of benzene rings is 1. The van der Waals surface area contributed by atoms with Gasteiger partial charge in [0.1, 0.15) is 0 Å². The van der Waals surface area contributed by atoms with Gasteiger partial charge in [-0.15, -0.1) is 0 Å². The van der Waals surface area contributed by atoms with Crippen molar-refractivity contribution in [1.82, 2.24) is 9.80 Å². The van der Waals surface area contributed by atoms with Crippen LogP contribution in [0.15, 0.2) is 24.3 Å². The van der Waals surface area contributed by atoms with Crippen molar-refractivity contribution in [3.8, 4) is 6.07 Å². The minimum absolute atomic E-state index is 0.118. The number of likely N-dealkylation sites (tertiary alicyclic amines) is 2. The van der Waals surface area contributed by atoms with Crippen LogP contribution < -0.4 is 0 Å². The predicted molar refractivity (Wildman–Crippen MR) is 92.6 cm³/mol. The van der Waals surface area contributed by atoms with E-state index >= 15 is 0 Å². The second-order valence-electron chi connectivity index (χ2n) is 7.86. The maximum Gasteiger partial charge on any atom is 0.253 e. The summed E-state index contributed by atoms with van der Waals surface area (Å²) in [5.41, 5.74) is 1.43. The molecule has 2 saturated heterocycles. The fourth-order valence-electron chi connectivity index (χ4n) is 3.97. The highest BCUT2D eigenvalue weighted by atomic mass is 16.2. The first-order chi connectivity index (χ1) is 11.6. The lowest BCUT2D eigenvalue weighted by Gasteiger charge is -2.47. The van der Waals surface area contributed by atoms with Gasteiger partial charge < -0.3 is 4.90 Å². The Labute approximate surface area is 144 Å². The molecule has 0 bridgehead atoms. The molecule has 1 amide bonds. The molecule has 0 radical (unpaired) electrons. The molecule has 4 rings (SSSR count). The van der Waals surface area contributed by atoms with E-state index in [1.54, 1.807) is 0 Å². The quantitative estimate of drug-likeness (QED) is 0.859. The standard InChI is InChI=1S/C20H25N3O/c1-15-5-9-22(10-6-15)18-12-23(13-18)19(24)16-3-2-4-17(11-16)20(14-21)7-8-20/h2-4,11,15,18H,5-10,12-13H2,1H3. The van der Waals surface area contributed by atoms with Gasteiger partial charge in [0.05, 0.1) is 11.5 Å². The van der Waals surface area contributed by atoms with E-state index in [2.05, 4.69) is 17.9 Å². The minimum atomic E-state index is -0.321. The summed E-state index contributed by atoms with van der Waals surface area (Å²) in [4.78, 5) is 17.2. The van der Waals surface area contributed by atoms with E-state index in [9.17, 15) is 10.1 Å².